The van der Waals surface area contributed by atoms with Gasteiger partial charge in [-0.05, 0) is 55.3 Å². The van der Waals surface area contributed by atoms with Crippen LogP contribution in [0.2, 0.25) is 0 Å². The fourth-order valence-electron chi connectivity index (χ4n) is 3.56. The van der Waals surface area contributed by atoms with Crippen LogP contribution in [0.1, 0.15) is 23.3 Å². The van der Waals surface area contributed by atoms with Gasteiger partial charge >= 0.3 is 0 Å². The lowest BCUT2D eigenvalue weighted by atomic mass is 9.96. The normalized spacial score (nSPS) is 16.2. The Labute approximate surface area is 174 Å². The summed E-state index contributed by atoms with van der Waals surface area (Å²) in [6, 6.07) is 12.6. The van der Waals surface area contributed by atoms with E-state index in [1.165, 1.54) is 0 Å². The van der Waals surface area contributed by atoms with Crippen LogP contribution in [-0.4, -0.2) is 52.1 Å². The van der Waals surface area contributed by atoms with Crippen LogP contribution in [0.3, 0.4) is 0 Å². The molecule has 1 aromatic carbocycles. The summed E-state index contributed by atoms with van der Waals surface area (Å²) in [7, 11) is 1.60. The van der Waals surface area contributed by atoms with Gasteiger partial charge in [0, 0.05) is 36.7 Å². The van der Waals surface area contributed by atoms with E-state index in [1.54, 1.807) is 54.7 Å². The molecule has 1 unspecified atom stereocenters. The van der Waals surface area contributed by atoms with Gasteiger partial charge in [-0.1, -0.05) is 0 Å². The monoisotopic (exact) mass is 405 g/mol. The lowest BCUT2D eigenvalue weighted by Crippen LogP contribution is -2.43. The zero-order valence-corrected chi connectivity index (χ0v) is 16.7. The number of nitrogens with zero attached hydrogens (tertiary/aromatic N) is 3. The minimum Gasteiger partial charge on any atom is -0.497 e. The summed E-state index contributed by atoms with van der Waals surface area (Å²) in [4.78, 5) is 31.4. The van der Waals surface area contributed by atoms with Crippen LogP contribution in [0.25, 0.3) is 11.3 Å². The van der Waals surface area contributed by atoms with Gasteiger partial charge in [-0.2, -0.15) is 5.10 Å². The topological polar surface area (TPSA) is 100 Å². The highest BCUT2D eigenvalue weighted by Gasteiger charge is 2.29. The number of aromatic nitrogens is 3. The Bertz CT molecular complexity index is 1020. The van der Waals surface area contributed by atoms with E-state index < -0.39 is 0 Å². The molecule has 30 heavy (non-hydrogen) atoms. The summed E-state index contributed by atoms with van der Waals surface area (Å²) >= 11 is 0. The van der Waals surface area contributed by atoms with E-state index in [1.807, 2.05) is 12.1 Å². The Morgan fingerprint density at radius 1 is 1.23 bits per heavy atom. The number of piperidine rings is 1. The lowest BCUT2D eigenvalue weighted by molar-refractivity contribution is -0.121. The van der Waals surface area contributed by atoms with Crippen LogP contribution in [0.4, 0.5) is 5.69 Å². The molecule has 2 amide bonds. The Hall–Kier alpha value is -3.68. The molecule has 8 nitrogen and oxygen atoms in total. The Morgan fingerprint density at radius 2 is 2.07 bits per heavy atom. The second-order valence-electron chi connectivity index (χ2n) is 7.22. The van der Waals surface area contributed by atoms with Crippen molar-refractivity contribution in [3.8, 4) is 17.0 Å². The number of nitrogens with one attached hydrogen (secondary N) is 2. The van der Waals surface area contributed by atoms with Crippen molar-refractivity contribution in [1.29, 1.82) is 0 Å². The highest BCUT2D eigenvalue weighted by atomic mass is 16.5. The fraction of sp³-hybridized carbons (Fsp3) is 0.273. The molecule has 4 rings (SSSR count). The Kier molecular flexibility index (Phi) is 5.74. The molecule has 1 aliphatic rings. The van der Waals surface area contributed by atoms with Crippen molar-refractivity contribution in [3.63, 3.8) is 0 Å². The Balaban J connectivity index is 1.40. The van der Waals surface area contributed by atoms with Gasteiger partial charge < -0.3 is 15.0 Å². The molecule has 154 valence electrons. The number of likely N-dealkylation sites (tertiary alicyclic amines) is 1. The minimum atomic E-state index is -0.259. The molecule has 8 heteroatoms. The molecule has 2 aromatic heterocycles. The molecule has 3 aromatic rings. The standard InChI is InChI=1S/C22H23N5O3/c1-30-18-8-6-17(7-9-18)24-21(28)16-5-3-11-27(14-16)22(29)20-12-19(25-26-20)15-4-2-10-23-13-15/h2,4,6-10,12-13,16H,3,5,11,14H2,1H3,(H,24,28)(H,25,26). The molecule has 0 bridgehead atoms. The lowest BCUT2D eigenvalue weighted by Gasteiger charge is -2.31. The van der Waals surface area contributed by atoms with Gasteiger partial charge in [-0.3, -0.25) is 19.7 Å². The van der Waals surface area contributed by atoms with E-state index in [0.717, 1.165) is 24.2 Å². The highest BCUT2D eigenvalue weighted by Crippen LogP contribution is 2.23. The van der Waals surface area contributed by atoms with Gasteiger partial charge in [-0.15, -0.1) is 0 Å². The molecule has 0 aliphatic carbocycles. The van der Waals surface area contributed by atoms with Gasteiger partial charge in [0.2, 0.25) is 5.91 Å². The molecular weight excluding hydrogens is 382 g/mol. The SMILES string of the molecule is COc1ccc(NC(=O)C2CCCN(C(=O)c3cc(-c4cccnc4)n[nH]3)C2)cc1. The van der Waals surface area contributed by atoms with Gasteiger partial charge in [-0.25, -0.2) is 0 Å². The van der Waals surface area contributed by atoms with E-state index in [9.17, 15) is 9.59 Å². The molecule has 3 heterocycles. The van der Waals surface area contributed by atoms with E-state index in [4.69, 9.17) is 4.74 Å². The van der Waals surface area contributed by atoms with Gasteiger partial charge in [0.15, 0.2) is 0 Å². The maximum Gasteiger partial charge on any atom is 0.271 e. The number of carbonyl (C=O) groups excluding carboxylic acids is 2. The van der Waals surface area contributed by atoms with Crippen molar-refractivity contribution in [2.75, 3.05) is 25.5 Å². The second-order valence-corrected chi connectivity index (χ2v) is 7.22. The first-order valence-electron chi connectivity index (χ1n) is 9.84. The van der Waals surface area contributed by atoms with E-state index in [2.05, 4.69) is 20.5 Å². The summed E-state index contributed by atoms with van der Waals surface area (Å²) < 4.78 is 5.13. The summed E-state index contributed by atoms with van der Waals surface area (Å²) in [5.74, 6) is 0.232. The molecule has 1 fully saturated rings. The zero-order valence-electron chi connectivity index (χ0n) is 16.7. The average molecular weight is 405 g/mol. The van der Waals surface area contributed by atoms with Crippen molar-refractivity contribution >= 4 is 17.5 Å². The number of ether oxygens (including phenoxy) is 1. The number of pyridine rings is 1. The number of anilines is 1. The molecule has 1 aliphatic heterocycles. The fourth-order valence-corrected chi connectivity index (χ4v) is 3.56. The molecule has 0 saturated carbocycles. The molecule has 0 spiro atoms. The summed E-state index contributed by atoms with van der Waals surface area (Å²) in [5.41, 5.74) is 2.62. The third kappa shape index (κ3) is 4.32. The van der Waals surface area contributed by atoms with E-state index in [0.29, 0.717) is 30.2 Å². The zero-order chi connectivity index (χ0) is 20.9. The van der Waals surface area contributed by atoms with E-state index in [-0.39, 0.29) is 17.7 Å². The molecule has 2 N–H and O–H groups in total. The van der Waals surface area contributed by atoms with Crippen molar-refractivity contribution in [1.82, 2.24) is 20.1 Å². The highest BCUT2D eigenvalue weighted by molar-refractivity contribution is 5.95. The van der Waals surface area contributed by atoms with Crippen LogP contribution in [0, 0.1) is 5.92 Å². The van der Waals surface area contributed by atoms with Crippen LogP contribution in [0.5, 0.6) is 5.75 Å². The maximum absolute atomic E-state index is 12.9. The molecule has 0 radical (unpaired) electrons. The Morgan fingerprint density at radius 3 is 2.80 bits per heavy atom. The van der Waals surface area contributed by atoms with Gasteiger partial charge in [0.1, 0.15) is 11.4 Å². The first-order chi connectivity index (χ1) is 14.6. The van der Waals surface area contributed by atoms with Crippen LogP contribution >= 0.6 is 0 Å². The van der Waals surface area contributed by atoms with Crippen LogP contribution in [-0.2, 0) is 4.79 Å². The van der Waals surface area contributed by atoms with E-state index >= 15 is 0 Å². The van der Waals surface area contributed by atoms with Crippen molar-refractivity contribution in [2.45, 2.75) is 12.8 Å². The number of hydrogen-bond acceptors (Lipinski definition) is 5. The molecule has 1 saturated heterocycles. The summed E-state index contributed by atoms with van der Waals surface area (Å²) in [6.07, 6.45) is 4.91. The van der Waals surface area contributed by atoms with Crippen molar-refractivity contribution in [2.24, 2.45) is 5.92 Å². The maximum atomic E-state index is 12.9. The number of hydrogen-bond donors (Lipinski definition) is 2. The molecule has 1 atom stereocenters. The predicted molar refractivity (Wildman–Crippen MR) is 112 cm³/mol. The average Bonchev–Trinajstić information content (AvgIpc) is 3.30. The number of H-pyrrole nitrogens is 1. The van der Waals surface area contributed by atoms with Crippen molar-refractivity contribution < 1.29 is 14.3 Å². The number of amides is 2. The molecular formula is C22H23N5O3. The quantitative estimate of drug-likeness (QED) is 0.680. The third-order valence-electron chi connectivity index (χ3n) is 5.20. The first kappa shape index (κ1) is 19.6. The second kappa shape index (κ2) is 8.77. The van der Waals surface area contributed by atoms with Crippen LogP contribution < -0.4 is 10.1 Å². The predicted octanol–water partition coefficient (Wildman–Crippen LogP) is 2.97. The first-order valence-corrected chi connectivity index (χ1v) is 9.84. The minimum absolute atomic E-state index is 0.0849. The van der Waals surface area contributed by atoms with Gasteiger partial charge in [0.25, 0.3) is 5.91 Å². The van der Waals surface area contributed by atoms with Crippen LogP contribution in [0.15, 0.2) is 54.9 Å². The summed E-state index contributed by atoms with van der Waals surface area (Å²) in [5, 5.41) is 9.97. The number of carbonyl (C=O) groups is 2. The number of methoxy groups -OCH3 is 1. The van der Waals surface area contributed by atoms with Gasteiger partial charge in [0.05, 0.1) is 18.7 Å². The number of rotatable bonds is 5. The van der Waals surface area contributed by atoms with Crippen molar-refractivity contribution in [3.05, 3.63) is 60.6 Å². The number of benzene rings is 1. The number of aromatic amines is 1. The smallest absolute Gasteiger partial charge is 0.271 e. The third-order valence-corrected chi connectivity index (χ3v) is 5.20. The summed E-state index contributed by atoms with van der Waals surface area (Å²) in [6.45, 7) is 0.995. The largest absolute Gasteiger partial charge is 0.497 e.